The normalized spacial score (nSPS) is 11.4. The molecule has 4 aromatic rings. The molecule has 40 heavy (non-hydrogen) atoms. The molecular weight excluding hydrogens is 587 g/mol. The lowest BCUT2D eigenvalue weighted by Gasteiger charge is -2.13. The van der Waals surface area contributed by atoms with Gasteiger partial charge in [0.25, 0.3) is 20.0 Å². The Morgan fingerprint density at radius 1 is 0.500 bits per heavy atom. The first-order chi connectivity index (χ1) is 18.6. The van der Waals surface area contributed by atoms with E-state index >= 15 is 0 Å². The molecule has 0 amide bonds. The van der Waals surface area contributed by atoms with Crippen molar-refractivity contribution in [3.8, 4) is 0 Å². The first-order valence-electron chi connectivity index (χ1n) is 12.3. The maximum absolute atomic E-state index is 12.4. The van der Waals surface area contributed by atoms with E-state index in [0.29, 0.717) is 32.5 Å². The van der Waals surface area contributed by atoms with Crippen LogP contribution in [0.25, 0.3) is 0 Å². The number of anilines is 2. The Labute approximate surface area is 247 Å². The maximum atomic E-state index is 12.4. The van der Waals surface area contributed by atoms with Crippen molar-refractivity contribution in [2.45, 2.75) is 51.3 Å². The van der Waals surface area contributed by atoms with Gasteiger partial charge >= 0.3 is 0 Å². The van der Waals surface area contributed by atoms with Crippen LogP contribution in [-0.2, 0) is 20.0 Å². The molecule has 0 saturated carbocycles. The summed E-state index contributed by atoms with van der Waals surface area (Å²) in [7, 11) is -7.22. The van der Waals surface area contributed by atoms with Crippen LogP contribution in [-0.4, -0.2) is 16.8 Å². The van der Waals surface area contributed by atoms with Crippen LogP contribution < -0.4 is 9.44 Å². The van der Waals surface area contributed by atoms with Crippen molar-refractivity contribution in [1.29, 1.82) is 0 Å². The molecule has 10 heteroatoms. The third-order valence-corrected chi connectivity index (χ3v) is 10.1. The first kappa shape index (κ1) is 31.5. The molecule has 212 valence electrons. The van der Waals surface area contributed by atoms with E-state index in [1.807, 2.05) is 52.0 Å². The van der Waals surface area contributed by atoms with Gasteiger partial charge in [0.1, 0.15) is 0 Å². The smallest absolute Gasteiger partial charge is 0.262 e. The number of hydrogen-bond donors (Lipinski definition) is 2. The van der Waals surface area contributed by atoms with Crippen molar-refractivity contribution < 1.29 is 16.8 Å². The molecule has 0 saturated heterocycles. The highest BCUT2D eigenvalue weighted by Crippen LogP contribution is 2.26. The van der Waals surface area contributed by atoms with Crippen molar-refractivity contribution in [3.63, 3.8) is 0 Å². The number of rotatable bonds is 6. The Hall–Kier alpha value is -3.04. The van der Waals surface area contributed by atoms with Crippen molar-refractivity contribution >= 4 is 54.6 Å². The topological polar surface area (TPSA) is 92.3 Å². The van der Waals surface area contributed by atoms with Gasteiger partial charge in [-0.15, -0.1) is 0 Å². The second-order valence-corrected chi connectivity index (χ2v) is 13.7. The molecule has 0 aromatic heterocycles. The number of benzene rings is 4. The summed E-state index contributed by atoms with van der Waals surface area (Å²) in [6, 6.07) is 20.5. The highest BCUT2D eigenvalue weighted by Gasteiger charge is 2.19. The number of hydrogen-bond acceptors (Lipinski definition) is 4. The zero-order valence-electron chi connectivity index (χ0n) is 23.1. The Kier molecular flexibility index (Phi) is 9.95. The zero-order valence-corrected chi connectivity index (χ0v) is 26.3. The van der Waals surface area contributed by atoms with Gasteiger partial charge in [0.05, 0.1) is 21.2 Å². The predicted octanol–water partition coefficient (Wildman–Crippen LogP) is 8.13. The van der Waals surface area contributed by atoms with E-state index in [4.69, 9.17) is 23.2 Å². The highest BCUT2D eigenvalue weighted by atomic mass is 35.5. The van der Waals surface area contributed by atoms with Crippen LogP contribution in [0.15, 0.2) is 82.6 Å². The molecule has 0 aliphatic heterocycles. The minimum absolute atomic E-state index is 0.239. The third kappa shape index (κ3) is 7.57. The van der Waals surface area contributed by atoms with Crippen molar-refractivity contribution in [3.05, 3.63) is 116 Å². The Morgan fingerprint density at radius 2 is 0.850 bits per heavy atom. The summed E-state index contributed by atoms with van der Waals surface area (Å²) in [5, 5.41) is 1.04. The fourth-order valence-electron chi connectivity index (χ4n) is 3.95. The average Bonchev–Trinajstić information content (AvgIpc) is 2.84. The van der Waals surface area contributed by atoms with Gasteiger partial charge in [-0.1, -0.05) is 47.5 Å². The summed E-state index contributed by atoms with van der Waals surface area (Å²) >= 11 is 11.7. The largest absolute Gasteiger partial charge is 0.279 e. The molecule has 0 aliphatic rings. The molecule has 2 N–H and O–H groups in total. The SMILES string of the molecule is Cc1cc(Cl)ccc1S(=O)(=O)Nc1cccc(C)c1C.Cc1cc(Cl)ccc1S(=O)(=O)Nc1cccc(C)c1C. The summed E-state index contributed by atoms with van der Waals surface area (Å²) in [6.45, 7) is 11.1. The van der Waals surface area contributed by atoms with E-state index in [-0.39, 0.29) is 9.79 Å². The molecule has 6 nitrogen and oxygen atoms in total. The molecule has 0 atom stereocenters. The lowest BCUT2D eigenvalue weighted by Crippen LogP contribution is -2.15. The molecule has 0 radical (unpaired) electrons. The van der Waals surface area contributed by atoms with Crippen LogP contribution in [0.5, 0.6) is 0 Å². The molecule has 0 fully saturated rings. The van der Waals surface area contributed by atoms with Crippen molar-refractivity contribution in [1.82, 2.24) is 0 Å². The van der Waals surface area contributed by atoms with E-state index in [1.165, 1.54) is 12.1 Å². The van der Waals surface area contributed by atoms with Gasteiger partial charge in [-0.3, -0.25) is 9.44 Å². The van der Waals surface area contributed by atoms with E-state index in [2.05, 4.69) is 9.44 Å². The molecule has 4 rings (SSSR count). The van der Waals surface area contributed by atoms with Crippen LogP contribution in [0, 0.1) is 41.5 Å². The van der Waals surface area contributed by atoms with Gasteiger partial charge in [-0.05, 0) is 123 Å². The molecule has 0 spiro atoms. The van der Waals surface area contributed by atoms with E-state index < -0.39 is 20.0 Å². The highest BCUT2D eigenvalue weighted by molar-refractivity contribution is 7.93. The minimum Gasteiger partial charge on any atom is -0.279 e. The van der Waals surface area contributed by atoms with E-state index in [0.717, 1.165) is 22.3 Å². The Bertz CT molecular complexity index is 1640. The van der Waals surface area contributed by atoms with Gasteiger partial charge in [0.2, 0.25) is 0 Å². The first-order valence-corrected chi connectivity index (χ1v) is 16.0. The number of halogens is 2. The van der Waals surface area contributed by atoms with E-state index in [1.54, 1.807) is 50.2 Å². The summed E-state index contributed by atoms with van der Waals surface area (Å²) in [5.74, 6) is 0. The van der Waals surface area contributed by atoms with Crippen LogP contribution in [0.3, 0.4) is 0 Å². The fraction of sp³-hybridized carbons (Fsp3) is 0.200. The molecule has 0 bridgehead atoms. The predicted molar refractivity (Wildman–Crippen MR) is 166 cm³/mol. The molecule has 0 unspecified atom stereocenters. The van der Waals surface area contributed by atoms with Gasteiger partial charge < -0.3 is 0 Å². The van der Waals surface area contributed by atoms with E-state index in [9.17, 15) is 16.8 Å². The lowest BCUT2D eigenvalue weighted by molar-refractivity contribution is 0.599. The quantitative estimate of drug-likeness (QED) is 0.228. The molecule has 0 aliphatic carbocycles. The van der Waals surface area contributed by atoms with Gasteiger partial charge in [0.15, 0.2) is 0 Å². The van der Waals surface area contributed by atoms with Crippen LogP contribution in [0.2, 0.25) is 10.0 Å². The number of sulfonamides is 2. The van der Waals surface area contributed by atoms with Gasteiger partial charge in [0, 0.05) is 10.0 Å². The number of nitrogens with one attached hydrogen (secondary N) is 2. The third-order valence-electron chi connectivity index (χ3n) is 6.55. The van der Waals surface area contributed by atoms with Gasteiger partial charge in [-0.25, -0.2) is 16.8 Å². The second-order valence-electron chi connectivity index (χ2n) is 9.53. The van der Waals surface area contributed by atoms with Crippen LogP contribution >= 0.6 is 23.2 Å². The summed E-state index contributed by atoms with van der Waals surface area (Å²) in [6.07, 6.45) is 0. The average molecular weight is 620 g/mol. The fourth-order valence-corrected chi connectivity index (χ4v) is 7.11. The van der Waals surface area contributed by atoms with Gasteiger partial charge in [-0.2, -0.15) is 0 Å². The summed E-state index contributed by atoms with van der Waals surface area (Å²) in [5.41, 5.74) is 6.35. The summed E-state index contributed by atoms with van der Waals surface area (Å²) in [4.78, 5) is 0.477. The van der Waals surface area contributed by atoms with Crippen LogP contribution in [0.4, 0.5) is 11.4 Å². The lowest BCUT2D eigenvalue weighted by atomic mass is 10.1. The maximum Gasteiger partial charge on any atom is 0.262 e. The zero-order chi connectivity index (χ0) is 29.8. The molecule has 4 aromatic carbocycles. The summed E-state index contributed by atoms with van der Waals surface area (Å²) < 4.78 is 55.0. The second kappa shape index (κ2) is 12.6. The standard InChI is InChI=1S/2C15H16ClNO2S/c2*1-10-5-4-6-14(12(10)3)17-20(18,19)15-8-7-13(16)9-11(15)2/h2*4-9,17H,1-3H3. The molecular formula is C30H32Cl2N2O4S2. The molecule has 0 heterocycles. The van der Waals surface area contributed by atoms with Crippen molar-refractivity contribution in [2.24, 2.45) is 0 Å². The Balaban J connectivity index is 0.000000220. The Morgan fingerprint density at radius 3 is 1.18 bits per heavy atom. The van der Waals surface area contributed by atoms with Crippen molar-refractivity contribution in [2.75, 3.05) is 9.44 Å². The monoisotopic (exact) mass is 618 g/mol. The van der Waals surface area contributed by atoms with Crippen LogP contribution in [0.1, 0.15) is 33.4 Å². The minimum atomic E-state index is -3.61. The number of aryl methyl sites for hydroxylation is 4.